The molecule has 108 valence electrons. The lowest BCUT2D eigenvalue weighted by atomic mass is 9.93. The van der Waals surface area contributed by atoms with Gasteiger partial charge in [0.15, 0.2) is 0 Å². The Hall–Kier alpha value is -2.08. The maximum absolute atomic E-state index is 11.8. The van der Waals surface area contributed by atoms with Gasteiger partial charge < -0.3 is 20.8 Å². The zero-order chi connectivity index (χ0) is 14.5. The van der Waals surface area contributed by atoms with Gasteiger partial charge in [0, 0.05) is 11.7 Å². The van der Waals surface area contributed by atoms with Gasteiger partial charge in [0.1, 0.15) is 0 Å². The molecule has 1 aromatic carbocycles. The molecule has 2 amide bonds. The van der Waals surface area contributed by atoms with Gasteiger partial charge in [-0.15, -0.1) is 0 Å². The Labute approximate surface area is 116 Å². The third-order valence-corrected chi connectivity index (χ3v) is 3.40. The quantitative estimate of drug-likeness (QED) is 0.677. The van der Waals surface area contributed by atoms with E-state index in [9.17, 15) is 14.7 Å². The molecule has 1 aromatic rings. The number of aromatic carboxylic acids is 1. The summed E-state index contributed by atoms with van der Waals surface area (Å²) >= 11 is 0. The highest BCUT2D eigenvalue weighted by atomic mass is 16.4. The Morgan fingerprint density at radius 1 is 1.15 bits per heavy atom. The molecule has 0 heterocycles. The summed E-state index contributed by atoms with van der Waals surface area (Å²) < 4.78 is 0. The van der Waals surface area contributed by atoms with E-state index < -0.39 is 5.97 Å². The van der Waals surface area contributed by atoms with E-state index >= 15 is 0 Å². The molecule has 1 fully saturated rings. The van der Waals surface area contributed by atoms with Gasteiger partial charge in [-0.25, -0.2) is 9.59 Å². The first-order chi connectivity index (χ1) is 9.54. The highest BCUT2D eigenvalue weighted by Crippen LogP contribution is 2.18. The highest BCUT2D eigenvalue weighted by Gasteiger charge is 2.20. The molecular formula is C14H18N2O4. The van der Waals surface area contributed by atoms with E-state index in [0.717, 1.165) is 12.8 Å². The second kappa shape index (κ2) is 6.38. The molecule has 0 unspecified atom stereocenters. The van der Waals surface area contributed by atoms with Crippen molar-refractivity contribution in [2.24, 2.45) is 0 Å². The van der Waals surface area contributed by atoms with Crippen LogP contribution in [0.4, 0.5) is 10.5 Å². The van der Waals surface area contributed by atoms with Crippen LogP contribution in [0.3, 0.4) is 0 Å². The predicted octanol–water partition coefficient (Wildman–Crippen LogP) is 1.81. The van der Waals surface area contributed by atoms with Crippen molar-refractivity contribution in [3.63, 3.8) is 0 Å². The minimum absolute atomic E-state index is 0.0565. The number of carbonyl (C=O) groups excluding carboxylic acids is 1. The standard InChI is InChI=1S/C14H18N2O4/c17-12-6-4-10(5-7-12)15-14(20)16-11-3-1-2-9(8-11)13(18)19/h1-3,8,10,12,17H,4-7H2,(H,18,19)(H2,15,16,20). The SMILES string of the molecule is O=C(Nc1cccc(C(=O)O)c1)NC1CCC(O)CC1. The molecule has 0 aliphatic heterocycles. The van der Waals surface area contributed by atoms with Crippen molar-refractivity contribution < 1.29 is 19.8 Å². The van der Waals surface area contributed by atoms with Crippen molar-refractivity contribution in [2.75, 3.05) is 5.32 Å². The first-order valence-electron chi connectivity index (χ1n) is 6.63. The molecule has 0 bridgehead atoms. The Morgan fingerprint density at radius 3 is 2.50 bits per heavy atom. The van der Waals surface area contributed by atoms with Crippen LogP contribution in [0.5, 0.6) is 0 Å². The summed E-state index contributed by atoms with van der Waals surface area (Å²) in [6.45, 7) is 0. The van der Waals surface area contributed by atoms with Crippen LogP contribution in [0.1, 0.15) is 36.0 Å². The second-order valence-corrected chi connectivity index (χ2v) is 4.99. The van der Waals surface area contributed by atoms with Crippen molar-refractivity contribution in [1.29, 1.82) is 0 Å². The topological polar surface area (TPSA) is 98.7 Å². The van der Waals surface area contributed by atoms with Gasteiger partial charge in [-0.05, 0) is 43.9 Å². The van der Waals surface area contributed by atoms with E-state index in [0.29, 0.717) is 18.5 Å². The van der Waals surface area contributed by atoms with Gasteiger partial charge in [-0.1, -0.05) is 6.07 Å². The zero-order valence-corrected chi connectivity index (χ0v) is 11.0. The molecule has 20 heavy (non-hydrogen) atoms. The van der Waals surface area contributed by atoms with Gasteiger partial charge in [-0.2, -0.15) is 0 Å². The van der Waals surface area contributed by atoms with Gasteiger partial charge in [-0.3, -0.25) is 0 Å². The van der Waals surface area contributed by atoms with Crippen LogP contribution in [0.2, 0.25) is 0 Å². The number of aliphatic hydroxyl groups is 1. The number of carboxylic acid groups (broad SMARTS) is 1. The average Bonchev–Trinajstić information content (AvgIpc) is 2.41. The first kappa shape index (κ1) is 14.3. The Bertz CT molecular complexity index is 496. The van der Waals surface area contributed by atoms with Crippen molar-refractivity contribution in [3.05, 3.63) is 29.8 Å². The Morgan fingerprint density at radius 2 is 1.85 bits per heavy atom. The number of anilines is 1. The average molecular weight is 278 g/mol. The van der Waals surface area contributed by atoms with Gasteiger partial charge in [0.25, 0.3) is 0 Å². The molecule has 6 nitrogen and oxygen atoms in total. The highest BCUT2D eigenvalue weighted by molar-refractivity contribution is 5.93. The number of rotatable bonds is 3. The number of hydrogen-bond donors (Lipinski definition) is 4. The summed E-state index contributed by atoms with van der Waals surface area (Å²) in [4.78, 5) is 22.6. The largest absolute Gasteiger partial charge is 0.478 e. The van der Waals surface area contributed by atoms with Crippen LogP contribution in [-0.2, 0) is 0 Å². The fourth-order valence-electron chi connectivity index (χ4n) is 2.30. The molecule has 2 rings (SSSR count). The molecule has 6 heteroatoms. The normalized spacial score (nSPS) is 22.1. The van der Waals surface area contributed by atoms with Crippen molar-refractivity contribution in [1.82, 2.24) is 5.32 Å². The molecule has 0 radical (unpaired) electrons. The number of benzene rings is 1. The summed E-state index contributed by atoms with van der Waals surface area (Å²) in [6.07, 6.45) is 2.63. The van der Waals surface area contributed by atoms with E-state index in [1.165, 1.54) is 12.1 Å². The molecular weight excluding hydrogens is 260 g/mol. The summed E-state index contributed by atoms with van der Waals surface area (Å²) in [5.74, 6) is -1.03. The van der Waals surface area contributed by atoms with Crippen LogP contribution in [-0.4, -0.2) is 34.4 Å². The van der Waals surface area contributed by atoms with Crippen LogP contribution in [0.15, 0.2) is 24.3 Å². The van der Waals surface area contributed by atoms with Crippen molar-refractivity contribution >= 4 is 17.7 Å². The fourth-order valence-corrected chi connectivity index (χ4v) is 2.30. The lowest BCUT2D eigenvalue weighted by molar-refractivity contribution is 0.0697. The summed E-state index contributed by atoms with van der Waals surface area (Å²) in [6, 6.07) is 5.79. The lowest BCUT2D eigenvalue weighted by Crippen LogP contribution is -2.40. The van der Waals surface area contributed by atoms with Crippen LogP contribution in [0.25, 0.3) is 0 Å². The van der Waals surface area contributed by atoms with Gasteiger partial charge in [0.2, 0.25) is 0 Å². The molecule has 0 spiro atoms. The number of hydrogen-bond acceptors (Lipinski definition) is 3. The minimum atomic E-state index is -1.03. The molecule has 1 aliphatic carbocycles. The first-order valence-corrected chi connectivity index (χ1v) is 6.63. The van der Waals surface area contributed by atoms with E-state index in [1.54, 1.807) is 12.1 Å². The summed E-state index contributed by atoms with van der Waals surface area (Å²) in [5.41, 5.74) is 0.571. The predicted molar refractivity (Wildman–Crippen MR) is 73.8 cm³/mol. The third-order valence-electron chi connectivity index (χ3n) is 3.40. The fraction of sp³-hybridized carbons (Fsp3) is 0.429. The van der Waals surface area contributed by atoms with Crippen LogP contribution < -0.4 is 10.6 Å². The Kier molecular flexibility index (Phi) is 4.57. The second-order valence-electron chi connectivity index (χ2n) is 4.99. The number of amides is 2. The number of urea groups is 1. The number of carboxylic acids is 1. The zero-order valence-electron chi connectivity index (χ0n) is 11.0. The van der Waals surface area contributed by atoms with E-state index in [1.807, 2.05) is 0 Å². The molecule has 1 saturated carbocycles. The van der Waals surface area contributed by atoms with Gasteiger partial charge in [0.05, 0.1) is 11.7 Å². The maximum atomic E-state index is 11.8. The van der Waals surface area contributed by atoms with E-state index in [4.69, 9.17) is 5.11 Å². The van der Waals surface area contributed by atoms with Crippen molar-refractivity contribution in [3.8, 4) is 0 Å². The van der Waals surface area contributed by atoms with Crippen LogP contribution >= 0.6 is 0 Å². The monoisotopic (exact) mass is 278 g/mol. The smallest absolute Gasteiger partial charge is 0.335 e. The summed E-state index contributed by atoms with van der Waals surface area (Å²) in [5, 5.41) is 23.7. The molecule has 4 N–H and O–H groups in total. The third kappa shape index (κ3) is 3.96. The molecule has 1 aliphatic rings. The maximum Gasteiger partial charge on any atom is 0.335 e. The van der Waals surface area contributed by atoms with Crippen LogP contribution in [0, 0.1) is 0 Å². The number of carbonyl (C=O) groups is 2. The van der Waals surface area contributed by atoms with Gasteiger partial charge >= 0.3 is 12.0 Å². The lowest BCUT2D eigenvalue weighted by Gasteiger charge is -2.26. The molecule has 0 aromatic heterocycles. The summed E-state index contributed by atoms with van der Waals surface area (Å²) in [7, 11) is 0. The van der Waals surface area contributed by atoms with E-state index in [2.05, 4.69) is 10.6 Å². The molecule has 0 saturated heterocycles. The number of aliphatic hydroxyl groups excluding tert-OH is 1. The minimum Gasteiger partial charge on any atom is -0.478 e. The Balaban J connectivity index is 1.88. The van der Waals surface area contributed by atoms with Crippen molar-refractivity contribution in [2.45, 2.75) is 37.8 Å². The molecule has 0 atom stereocenters. The number of nitrogens with one attached hydrogen (secondary N) is 2. The van der Waals surface area contributed by atoms with E-state index in [-0.39, 0.29) is 23.7 Å².